The molecule has 1 aliphatic rings. The van der Waals surface area contributed by atoms with Crippen molar-refractivity contribution in [3.8, 4) is 0 Å². The molecule has 2 aromatic carbocycles. The maximum Gasteiger partial charge on any atom is 0.227 e. The predicted octanol–water partition coefficient (Wildman–Crippen LogP) is 5.17. The molecule has 4 rings (SSSR count). The molecule has 1 amide bonds. The number of halogens is 1. The second-order valence-electron chi connectivity index (χ2n) is 7.80. The van der Waals surface area contributed by atoms with Crippen LogP contribution >= 0.6 is 11.6 Å². The van der Waals surface area contributed by atoms with Crippen LogP contribution in [0.5, 0.6) is 0 Å². The van der Waals surface area contributed by atoms with Gasteiger partial charge >= 0.3 is 0 Å². The molecular formula is C22H24ClN3O. The Morgan fingerprint density at radius 1 is 1.22 bits per heavy atom. The molecule has 2 heterocycles. The molecule has 0 bridgehead atoms. The number of imidazole rings is 1. The summed E-state index contributed by atoms with van der Waals surface area (Å²) < 4.78 is 2.30. The fourth-order valence-corrected chi connectivity index (χ4v) is 4.01. The van der Waals surface area contributed by atoms with E-state index in [1.54, 1.807) is 0 Å². The van der Waals surface area contributed by atoms with Gasteiger partial charge in [-0.2, -0.15) is 0 Å². The highest BCUT2D eigenvalue weighted by atomic mass is 35.5. The second-order valence-corrected chi connectivity index (χ2v) is 8.21. The molecule has 3 aromatic rings. The van der Waals surface area contributed by atoms with Gasteiger partial charge in [-0.25, -0.2) is 4.98 Å². The predicted molar refractivity (Wildman–Crippen MR) is 110 cm³/mol. The fourth-order valence-electron chi connectivity index (χ4n) is 3.89. The second kappa shape index (κ2) is 7.01. The summed E-state index contributed by atoms with van der Waals surface area (Å²) in [6.45, 7) is 7.94. The zero-order chi connectivity index (χ0) is 19.1. The first kappa shape index (κ1) is 18.1. The summed E-state index contributed by atoms with van der Waals surface area (Å²) in [4.78, 5) is 19.5. The number of carbonyl (C=O) groups excluding carboxylic acids is 1. The van der Waals surface area contributed by atoms with Gasteiger partial charge in [-0.3, -0.25) is 4.79 Å². The number of aromatic nitrogens is 2. The molecule has 27 heavy (non-hydrogen) atoms. The van der Waals surface area contributed by atoms with E-state index in [4.69, 9.17) is 16.6 Å². The Kier molecular flexibility index (Phi) is 4.68. The highest BCUT2D eigenvalue weighted by Gasteiger charge is 2.35. The number of rotatable bonds is 4. The monoisotopic (exact) mass is 381 g/mol. The third-order valence-electron chi connectivity index (χ3n) is 5.18. The molecule has 1 aliphatic heterocycles. The maximum atomic E-state index is 12.8. The van der Waals surface area contributed by atoms with Crippen molar-refractivity contribution < 1.29 is 4.79 Å². The van der Waals surface area contributed by atoms with Gasteiger partial charge < -0.3 is 9.47 Å². The molecule has 0 spiro atoms. The summed E-state index contributed by atoms with van der Waals surface area (Å²) in [7, 11) is 0. The molecule has 1 unspecified atom stereocenters. The van der Waals surface area contributed by atoms with Gasteiger partial charge in [0.2, 0.25) is 5.91 Å². The molecule has 0 N–H and O–H groups in total. The number of para-hydroxylation sites is 2. The third-order valence-corrected chi connectivity index (χ3v) is 5.60. The van der Waals surface area contributed by atoms with Crippen molar-refractivity contribution in [3.05, 3.63) is 58.9 Å². The highest BCUT2D eigenvalue weighted by molar-refractivity contribution is 6.31. The van der Waals surface area contributed by atoms with E-state index >= 15 is 0 Å². The van der Waals surface area contributed by atoms with Crippen LogP contribution < -0.4 is 4.90 Å². The van der Waals surface area contributed by atoms with Gasteiger partial charge in [-0.15, -0.1) is 0 Å². The van der Waals surface area contributed by atoms with Crippen LogP contribution in [-0.4, -0.2) is 22.0 Å². The molecule has 4 nitrogen and oxygen atoms in total. The van der Waals surface area contributed by atoms with E-state index < -0.39 is 0 Å². The molecule has 1 aromatic heterocycles. The number of carbonyl (C=O) groups is 1. The quantitative estimate of drug-likeness (QED) is 0.624. The lowest BCUT2D eigenvalue weighted by atomic mass is 10.1. The van der Waals surface area contributed by atoms with E-state index in [-0.39, 0.29) is 11.8 Å². The number of nitrogens with zero attached hydrogens (tertiary/aromatic N) is 3. The Morgan fingerprint density at radius 3 is 2.74 bits per heavy atom. The number of fused-ring (bicyclic) bond motifs is 1. The van der Waals surface area contributed by atoms with Crippen LogP contribution in [0.3, 0.4) is 0 Å². The zero-order valence-corrected chi connectivity index (χ0v) is 16.7. The zero-order valence-electron chi connectivity index (χ0n) is 15.9. The molecule has 1 atom stereocenters. The van der Waals surface area contributed by atoms with E-state index in [9.17, 15) is 4.79 Å². The van der Waals surface area contributed by atoms with Crippen LogP contribution in [0.15, 0.2) is 42.5 Å². The Morgan fingerprint density at radius 2 is 2.00 bits per heavy atom. The summed E-state index contributed by atoms with van der Waals surface area (Å²) >= 11 is 6.15. The molecule has 5 heteroatoms. The Labute approximate surface area is 164 Å². The number of amides is 1. The molecule has 0 aliphatic carbocycles. The third kappa shape index (κ3) is 3.34. The van der Waals surface area contributed by atoms with Crippen molar-refractivity contribution in [1.29, 1.82) is 0 Å². The van der Waals surface area contributed by atoms with E-state index in [1.165, 1.54) is 0 Å². The van der Waals surface area contributed by atoms with Crippen molar-refractivity contribution in [2.75, 3.05) is 11.4 Å². The summed E-state index contributed by atoms with van der Waals surface area (Å²) in [6.07, 6.45) is 0.489. The van der Waals surface area contributed by atoms with E-state index in [2.05, 4.69) is 24.5 Å². The smallest absolute Gasteiger partial charge is 0.227 e. The Bertz CT molecular complexity index is 1010. The minimum Gasteiger partial charge on any atom is -0.327 e. The first-order chi connectivity index (χ1) is 12.9. The lowest BCUT2D eigenvalue weighted by molar-refractivity contribution is -0.117. The van der Waals surface area contributed by atoms with Gasteiger partial charge in [0, 0.05) is 36.1 Å². The fraction of sp³-hybridized carbons (Fsp3) is 0.364. The van der Waals surface area contributed by atoms with Gasteiger partial charge in [0.1, 0.15) is 5.82 Å². The molecule has 140 valence electrons. The van der Waals surface area contributed by atoms with Crippen molar-refractivity contribution >= 4 is 34.2 Å². The van der Waals surface area contributed by atoms with Crippen LogP contribution in [0.1, 0.15) is 37.6 Å². The topological polar surface area (TPSA) is 38.1 Å². The Balaban J connectivity index is 1.70. The number of aryl methyl sites for hydroxylation is 1. The average Bonchev–Trinajstić information content (AvgIpc) is 3.18. The molecule has 0 radical (unpaired) electrons. The van der Waals surface area contributed by atoms with Crippen LogP contribution in [0.2, 0.25) is 5.02 Å². The van der Waals surface area contributed by atoms with Crippen LogP contribution in [0, 0.1) is 12.8 Å². The summed E-state index contributed by atoms with van der Waals surface area (Å²) in [5.41, 5.74) is 4.05. The standard InChI is InChI=1S/C22H24ClN3O/c1-14(2)12-26-20-7-5-4-6-19(20)24-22(26)16-11-21(27)25(13-16)17-8-9-18(23)15(3)10-17/h4-10,14,16H,11-13H2,1-3H3. The van der Waals surface area contributed by atoms with Gasteiger partial charge in [0.05, 0.1) is 11.0 Å². The summed E-state index contributed by atoms with van der Waals surface area (Å²) in [5.74, 6) is 1.77. The minimum absolute atomic E-state index is 0.0969. The molecule has 0 saturated carbocycles. The van der Waals surface area contributed by atoms with Gasteiger partial charge in [0.15, 0.2) is 0 Å². The first-order valence-corrected chi connectivity index (χ1v) is 9.83. The lowest BCUT2D eigenvalue weighted by Gasteiger charge is -2.19. The number of anilines is 1. The number of hydrogen-bond acceptors (Lipinski definition) is 2. The SMILES string of the molecule is Cc1cc(N2CC(c3nc4ccccc4n3CC(C)C)CC2=O)ccc1Cl. The highest BCUT2D eigenvalue weighted by Crippen LogP contribution is 2.34. The van der Waals surface area contributed by atoms with E-state index in [0.717, 1.165) is 39.7 Å². The number of benzene rings is 2. The van der Waals surface area contributed by atoms with E-state index in [1.807, 2.05) is 48.2 Å². The van der Waals surface area contributed by atoms with Gasteiger partial charge in [0.25, 0.3) is 0 Å². The van der Waals surface area contributed by atoms with Crippen molar-refractivity contribution in [3.63, 3.8) is 0 Å². The maximum absolute atomic E-state index is 12.8. The lowest BCUT2D eigenvalue weighted by Crippen LogP contribution is -2.24. The van der Waals surface area contributed by atoms with Crippen LogP contribution in [-0.2, 0) is 11.3 Å². The molecule has 1 fully saturated rings. The van der Waals surface area contributed by atoms with Crippen LogP contribution in [0.4, 0.5) is 5.69 Å². The summed E-state index contributed by atoms with van der Waals surface area (Å²) in [6, 6.07) is 14.0. The van der Waals surface area contributed by atoms with Crippen molar-refractivity contribution in [2.24, 2.45) is 5.92 Å². The minimum atomic E-state index is 0.0969. The first-order valence-electron chi connectivity index (χ1n) is 9.45. The normalized spacial score (nSPS) is 17.4. The average molecular weight is 382 g/mol. The summed E-state index contributed by atoms with van der Waals surface area (Å²) in [5, 5.41) is 0.723. The van der Waals surface area contributed by atoms with Crippen molar-refractivity contribution in [2.45, 2.75) is 39.7 Å². The van der Waals surface area contributed by atoms with Gasteiger partial charge in [-0.1, -0.05) is 37.6 Å². The number of hydrogen-bond donors (Lipinski definition) is 0. The van der Waals surface area contributed by atoms with Crippen molar-refractivity contribution in [1.82, 2.24) is 9.55 Å². The largest absolute Gasteiger partial charge is 0.327 e. The molecule has 1 saturated heterocycles. The van der Waals surface area contributed by atoms with E-state index in [0.29, 0.717) is 18.9 Å². The molecular weight excluding hydrogens is 358 g/mol. The van der Waals surface area contributed by atoms with Gasteiger partial charge in [-0.05, 0) is 48.7 Å². The Hall–Kier alpha value is -2.33. The van der Waals surface area contributed by atoms with Crippen LogP contribution in [0.25, 0.3) is 11.0 Å².